The Hall–Kier alpha value is -2.57. The molecule has 0 heterocycles. The van der Waals surface area contributed by atoms with Crippen LogP contribution in [0.3, 0.4) is 0 Å². The summed E-state index contributed by atoms with van der Waals surface area (Å²) in [7, 11) is 1.44. The Balaban J connectivity index is 2.51. The molecule has 0 aromatic heterocycles. The lowest BCUT2D eigenvalue weighted by Gasteiger charge is -2.08. The molecule has 0 aliphatic rings. The van der Waals surface area contributed by atoms with Gasteiger partial charge in [-0.2, -0.15) is 0 Å². The summed E-state index contributed by atoms with van der Waals surface area (Å²) < 4.78 is 5.01. The summed E-state index contributed by atoms with van der Waals surface area (Å²) >= 11 is 0. The number of aliphatic carboxylic acids is 1. The van der Waals surface area contributed by atoms with Gasteiger partial charge in [0.2, 0.25) is 5.91 Å². The van der Waals surface area contributed by atoms with E-state index in [4.69, 9.17) is 9.84 Å². The van der Waals surface area contributed by atoms with E-state index in [0.29, 0.717) is 11.3 Å². The van der Waals surface area contributed by atoms with E-state index in [2.05, 4.69) is 10.6 Å². The number of rotatable bonds is 6. The van der Waals surface area contributed by atoms with Crippen molar-refractivity contribution in [3.8, 4) is 5.75 Å². The van der Waals surface area contributed by atoms with Gasteiger partial charge >= 0.3 is 5.97 Å². The Bertz CT molecular complexity index is 487. The van der Waals surface area contributed by atoms with Crippen LogP contribution in [0.4, 0.5) is 0 Å². The zero-order valence-electron chi connectivity index (χ0n) is 10.3. The molecule has 0 spiro atoms. The summed E-state index contributed by atoms with van der Waals surface area (Å²) in [6.45, 7) is -0.784. The number of carbonyl (C=O) groups is 3. The van der Waals surface area contributed by atoms with Crippen LogP contribution in [-0.4, -0.2) is 43.1 Å². The molecule has 3 N–H and O–H groups in total. The predicted octanol–water partition coefficient (Wildman–Crippen LogP) is -0.374. The second kappa shape index (κ2) is 7.00. The minimum atomic E-state index is -1.15. The van der Waals surface area contributed by atoms with E-state index in [-0.39, 0.29) is 6.54 Å². The Morgan fingerprint density at radius 1 is 1.16 bits per heavy atom. The van der Waals surface area contributed by atoms with E-state index < -0.39 is 24.3 Å². The molecule has 2 amide bonds. The lowest BCUT2D eigenvalue weighted by atomic mass is 10.2. The van der Waals surface area contributed by atoms with Crippen LogP contribution in [0.2, 0.25) is 0 Å². The molecule has 102 valence electrons. The standard InChI is InChI=1S/C12H14N2O5/c1-19-9-5-3-2-4-8(9)12(18)14-6-10(15)13-7-11(16)17/h2-5H,6-7H2,1H3,(H,13,15)(H,14,18)(H,16,17). The first-order valence-electron chi connectivity index (χ1n) is 5.44. The first-order chi connectivity index (χ1) is 9.04. The Kier molecular flexibility index (Phi) is 5.34. The molecule has 0 aliphatic heterocycles. The third-order valence-electron chi connectivity index (χ3n) is 2.20. The molecule has 0 fully saturated rings. The van der Waals surface area contributed by atoms with E-state index in [1.807, 2.05) is 0 Å². The predicted molar refractivity (Wildman–Crippen MR) is 66.0 cm³/mol. The van der Waals surface area contributed by atoms with Gasteiger partial charge in [0.15, 0.2) is 0 Å². The number of nitrogens with one attached hydrogen (secondary N) is 2. The van der Waals surface area contributed by atoms with Crippen molar-refractivity contribution in [2.24, 2.45) is 0 Å². The molecule has 0 atom stereocenters. The smallest absolute Gasteiger partial charge is 0.322 e. The van der Waals surface area contributed by atoms with Crippen LogP contribution in [0, 0.1) is 0 Å². The van der Waals surface area contributed by atoms with Crippen LogP contribution < -0.4 is 15.4 Å². The molecular formula is C12H14N2O5. The maximum Gasteiger partial charge on any atom is 0.322 e. The summed E-state index contributed by atoms with van der Waals surface area (Å²) in [4.78, 5) is 33.2. The molecule has 0 aliphatic carbocycles. The number of carboxylic acids is 1. The topological polar surface area (TPSA) is 105 Å². The molecule has 0 radical (unpaired) electrons. The van der Waals surface area contributed by atoms with Crippen molar-refractivity contribution in [2.75, 3.05) is 20.2 Å². The van der Waals surface area contributed by atoms with E-state index in [9.17, 15) is 14.4 Å². The highest BCUT2D eigenvalue weighted by Gasteiger charge is 2.12. The van der Waals surface area contributed by atoms with Crippen LogP contribution in [0.1, 0.15) is 10.4 Å². The largest absolute Gasteiger partial charge is 0.496 e. The van der Waals surface area contributed by atoms with Crippen molar-refractivity contribution in [3.05, 3.63) is 29.8 Å². The minimum absolute atomic E-state index is 0.301. The van der Waals surface area contributed by atoms with Gasteiger partial charge in [-0.05, 0) is 12.1 Å². The molecule has 0 saturated carbocycles. The van der Waals surface area contributed by atoms with Gasteiger partial charge in [0.05, 0.1) is 19.2 Å². The van der Waals surface area contributed by atoms with Gasteiger partial charge in [0, 0.05) is 0 Å². The average molecular weight is 266 g/mol. The SMILES string of the molecule is COc1ccccc1C(=O)NCC(=O)NCC(=O)O. The van der Waals surface area contributed by atoms with Crippen LogP contribution in [0.5, 0.6) is 5.75 Å². The van der Waals surface area contributed by atoms with E-state index in [1.165, 1.54) is 7.11 Å². The zero-order valence-corrected chi connectivity index (χ0v) is 10.3. The van der Waals surface area contributed by atoms with Crippen LogP contribution >= 0.6 is 0 Å². The number of hydrogen-bond acceptors (Lipinski definition) is 4. The van der Waals surface area contributed by atoms with Crippen LogP contribution in [-0.2, 0) is 9.59 Å². The summed E-state index contributed by atoms with van der Waals surface area (Å²) in [5.41, 5.74) is 0.302. The minimum Gasteiger partial charge on any atom is -0.496 e. The number of hydrogen-bond donors (Lipinski definition) is 3. The number of methoxy groups -OCH3 is 1. The number of amides is 2. The summed E-state index contributed by atoms with van der Waals surface area (Å²) in [6, 6.07) is 6.57. The number of carbonyl (C=O) groups excluding carboxylic acids is 2. The van der Waals surface area contributed by atoms with Gasteiger partial charge in [0.1, 0.15) is 12.3 Å². The highest BCUT2D eigenvalue weighted by atomic mass is 16.5. The first-order valence-corrected chi connectivity index (χ1v) is 5.44. The Morgan fingerprint density at radius 3 is 2.47 bits per heavy atom. The lowest BCUT2D eigenvalue weighted by Crippen LogP contribution is -2.39. The van der Waals surface area contributed by atoms with Crippen molar-refractivity contribution in [1.82, 2.24) is 10.6 Å². The maximum atomic E-state index is 11.8. The highest BCUT2D eigenvalue weighted by molar-refractivity contribution is 5.98. The van der Waals surface area contributed by atoms with Crippen LogP contribution in [0.15, 0.2) is 24.3 Å². The normalized spacial score (nSPS) is 9.53. The fourth-order valence-electron chi connectivity index (χ4n) is 1.32. The average Bonchev–Trinajstić information content (AvgIpc) is 2.42. The fourth-order valence-corrected chi connectivity index (χ4v) is 1.32. The molecule has 0 unspecified atom stereocenters. The maximum absolute atomic E-state index is 11.8. The number of benzene rings is 1. The van der Waals surface area contributed by atoms with Gasteiger partial charge in [0.25, 0.3) is 5.91 Å². The highest BCUT2D eigenvalue weighted by Crippen LogP contribution is 2.16. The third-order valence-corrected chi connectivity index (χ3v) is 2.20. The molecule has 19 heavy (non-hydrogen) atoms. The molecule has 1 aromatic rings. The van der Waals surface area contributed by atoms with E-state index >= 15 is 0 Å². The molecule has 0 saturated heterocycles. The molecule has 0 bridgehead atoms. The molecule has 1 rings (SSSR count). The van der Waals surface area contributed by atoms with E-state index in [0.717, 1.165) is 0 Å². The first kappa shape index (κ1) is 14.5. The second-order valence-electron chi connectivity index (χ2n) is 3.55. The second-order valence-corrected chi connectivity index (χ2v) is 3.55. The van der Waals surface area contributed by atoms with Gasteiger partial charge < -0.3 is 20.5 Å². The van der Waals surface area contributed by atoms with Crippen molar-refractivity contribution < 1.29 is 24.2 Å². The molecule has 7 heteroatoms. The van der Waals surface area contributed by atoms with Gasteiger partial charge in [-0.25, -0.2) is 0 Å². The van der Waals surface area contributed by atoms with Gasteiger partial charge in [-0.15, -0.1) is 0 Å². The number of ether oxygens (including phenoxy) is 1. The summed E-state index contributed by atoms with van der Waals surface area (Å²) in [6.07, 6.45) is 0. The number of para-hydroxylation sites is 1. The Labute approximate surface area is 109 Å². The van der Waals surface area contributed by atoms with Crippen LogP contribution in [0.25, 0.3) is 0 Å². The fraction of sp³-hybridized carbons (Fsp3) is 0.250. The zero-order chi connectivity index (χ0) is 14.3. The monoisotopic (exact) mass is 266 g/mol. The van der Waals surface area contributed by atoms with Crippen molar-refractivity contribution in [2.45, 2.75) is 0 Å². The van der Waals surface area contributed by atoms with Crippen molar-refractivity contribution >= 4 is 17.8 Å². The third kappa shape index (κ3) is 4.66. The molecular weight excluding hydrogens is 252 g/mol. The summed E-state index contributed by atoms with van der Waals surface area (Å²) in [5, 5.41) is 12.9. The summed E-state index contributed by atoms with van der Waals surface area (Å²) in [5.74, 6) is -1.80. The van der Waals surface area contributed by atoms with Crippen molar-refractivity contribution in [3.63, 3.8) is 0 Å². The molecule has 7 nitrogen and oxygen atoms in total. The van der Waals surface area contributed by atoms with Gasteiger partial charge in [-0.1, -0.05) is 12.1 Å². The Morgan fingerprint density at radius 2 is 1.84 bits per heavy atom. The quantitative estimate of drug-likeness (QED) is 0.651. The van der Waals surface area contributed by atoms with Crippen molar-refractivity contribution in [1.29, 1.82) is 0 Å². The van der Waals surface area contributed by atoms with Gasteiger partial charge in [-0.3, -0.25) is 14.4 Å². The molecule has 1 aromatic carbocycles. The number of carboxylic acid groups (broad SMARTS) is 1. The lowest BCUT2D eigenvalue weighted by molar-refractivity contribution is -0.137. The van der Waals surface area contributed by atoms with E-state index in [1.54, 1.807) is 24.3 Å².